The number of rotatable bonds is 2. The molecule has 1 aliphatic heterocycles. The number of alkyl halides is 3. The van der Waals surface area contributed by atoms with Gasteiger partial charge >= 0.3 is 6.18 Å². The summed E-state index contributed by atoms with van der Waals surface area (Å²) in [7, 11) is 0. The van der Waals surface area contributed by atoms with E-state index in [1.54, 1.807) is 12.1 Å². The Balaban J connectivity index is 1.65. The van der Waals surface area contributed by atoms with Crippen molar-refractivity contribution in [1.82, 2.24) is 0 Å². The number of nitrogens with one attached hydrogen (secondary N) is 1. The second-order valence-electron chi connectivity index (χ2n) is 8.24. The molecular formula is C22H19F3NO2-. The normalized spacial score (nSPS) is 30.5. The van der Waals surface area contributed by atoms with E-state index in [1.165, 1.54) is 18.2 Å². The van der Waals surface area contributed by atoms with E-state index in [0.717, 1.165) is 30.9 Å². The first-order chi connectivity index (χ1) is 13.3. The second kappa shape index (κ2) is 6.00. The molecule has 0 radical (unpaired) electrons. The lowest BCUT2D eigenvalue weighted by atomic mass is 9.67. The van der Waals surface area contributed by atoms with Crippen molar-refractivity contribution in [3.8, 4) is 0 Å². The molecule has 0 unspecified atom stereocenters. The third kappa shape index (κ3) is 2.54. The lowest BCUT2D eigenvalue weighted by molar-refractivity contribution is -0.254. The Hall–Kier alpha value is -2.50. The molecule has 2 bridgehead atoms. The van der Waals surface area contributed by atoms with Gasteiger partial charge in [0, 0.05) is 11.3 Å². The number of halogens is 3. The van der Waals surface area contributed by atoms with Gasteiger partial charge in [-0.3, -0.25) is 0 Å². The van der Waals surface area contributed by atoms with Crippen molar-refractivity contribution in [2.24, 2.45) is 17.8 Å². The summed E-state index contributed by atoms with van der Waals surface area (Å²) in [5.41, 5.74) is 1.46. The van der Waals surface area contributed by atoms with Crippen molar-refractivity contribution in [3.05, 3.63) is 64.7 Å². The highest BCUT2D eigenvalue weighted by atomic mass is 19.4. The molecule has 0 saturated heterocycles. The largest absolute Gasteiger partial charge is 0.545 e. The van der Waals surface area contributed by atoms with Crippen LogP contribution in [0.3, 0.4) is 0 Å². The molecule has 2 aromatic carbocycles. The van der Waals surface area contributed by atoms with Crippen LogP contribution in [0.2, 0.25) is 0 Å². The van der Waals surface area contributed by atoms with Gasteiger partial charge in [0.2, 0.25) is 0 Å². The van der Waals surface area contributed by atoms with Crippen LogP contribution in [0, 0.1) is 17.8 Å². The summed E-state index contributed by atoms with van der Waals surface area (Å²) in [6, 6.07) is 10.3. The lowest BCUT2D eigenvalue weighted by Crippen LogP contribution is -2.37. The van der Waals surface area contributed by atoms with Crippen LogP contribution in [0.15, 0.2) is 42.5 Å². The number of aromatic carboxylic acids is 1. The Kier molecular flexibility index (Phi) is 3.77. The van der Waals surface area contributed by atoms with Crippen LogP contribution >= 0.6 is 0 Å². The number of carbonyl (C=O) groups is 1. The number of hydrogen-bond donors (Lipinski definition) is 1. The third-order valence-corrected chi connectivity index (χ3v) is 6.91. The first-order valence-corrected chi connectivity index (χ1v) is 9.62. The van der Waals surface area contributed by atoms with E-state index in [4.69, 9.17) is 0 Å². The van der Waals surface area contributed by atoms with Gasteiger partial charge < -0.3 is 15.2 Å². The molecule has 2 fully saturated rings. The van der Waals surface area contributed by atoms with Crippen LogP contribution in [-0.4, -0.2) is 5.97 Å². The van der Waals surface area contributed by atoms with Crippen LogP contribution in [0.25, 0.3) is 0 Å². The van der Waals surface area contributed by atoms with Crippen molar-refractivity contribution >= 4 is 11.7 Å². The Labute approximate surface area is 160 Å². The molecule has 6 heteroatoms. The predicted molar refractivity (Wildman–Crippen MR) is 95.6 cm³/mol. The number of carbonyl (C=O) groups excluding carboxylic acids is 1. The number of fused-ring (bicyclic) bond motifs is 7. The van der Waals surface area contributed by atoms with Gasteiger partial charge in [-0.25, -0.2) is 0 Å². The van der Waals surface area contributed by atoms with Gasteiger partial charge in [0.1, 0.15) is 0 Å². The van der Waals surface area contributed by atoms with Gasteiger partial charge in [-0.1, -0.05) is 30.3 Å². The van der Waals surface area contributed by atoms with E-state index in [9.17, 15) is 23.1 Å². The highest BCUT2D eigenvalue weighted by molar-refractivity contribution is 5.94. The predicted octanol–water partition coefficient (Wildman–Crippen LogP) is 4.37. The molecule has 1 heterocycles. The topological polar surface area (TPSA) is 52.2 Å². The van der Waals surface area contributed by atoms with Crippen LogP contribution in [0.1, 0.15) is 58.3 Å². The highest BCUT2D eigenvalue weighted by Gasteiger charge is 2.54. The van der Waals surface area contributed by atoms with Crippen LogP contribution in [0.4, 0.5) is 18.9 Å². The number of hydrogen-bond acceptors (Lipinski definition) is 3. The number of carboxylic acid groups (broad SMARTS) is 1. The zero-order chi connectivity index (χ0) is 19.6. The summed E-state index contributed by atoms with van der Waals surface area (Å²) in [6.45, 7) is 0. The summed E-state index contributed by atoms with van der Waals surface area (Å²) in [6.07, 6.45) is -1.18. The molecule has 5 atom stereocenters. The maximum atomic E-state index is 13.3. The molecule has 0 spiro atoms. The fraction of sp³-hybridized carbons (Fsp3) is 0.409. The Morgan fingerprint density at radius 2 is 1.82 bits per heavy atom. The first-order valence-electron chi connectivity index (χ1n) is 9.62. The molecule has 2 aromatic rings. The Morgan fingerprint density at radius 1 is 1.07 bits per heavy atom. The Morgan fingerprint density at radius 3 is 2.57 bits per heavy atom. The summed E-state index contributed by atoms with van der Waals surface area (Å²) in [5, 5.41) is 15.0. The summed E-state index contributed by atoms with van der Waals surface area (Å²) in [4.78, 5) is 11.7. The molecule has 3 aliphatic rings. The van der Waals surface area contributed by atoms with Crippen molar-refractivity contribution in [1.29, 1.82) is 0 Å². The van der Waals surface area contributed by atoms with E-state index >= 15 is 0 Å². The molecule has 5 rings (SSSR count). The first kappa shape index (κ1) is 17.6. The number of benzene rings is 2. The second-order valence-corrected chi connectivity index (χ2v) is 8.24. The summed E-state index contributed by atoms with van der Waals surface area (Å²) in [5.74, 6) is -0.0164. The number of anilines is 1. The standard InChI is InChI=1S/C22H20F3NO2/c23-22(24,25)14-4-1-3-13(10-14)19-18-12-8-7-11(9-12)17(18)15-5-2-6-16(21(27)28)20(15)26-19/h1-6,10-12,17-19,26H,7-9H2,(H,27,28)/p-1/t11-,12-,17+,18-,19-/m0/s1. The van der Waals surface area contributed by atoms with E-state index in [1.807, 2.05) is 6.07 Å². The highest BCUT2D eigenvalue weighted by Crippen LogP contribution is 2.64. The molecular weight excluding hydrogens is 367 g/mol. The van der Waals surface area contributed by atoms with Gasteiger partial charge in [-0.15, -0.1) is 0 Å². The maximum Gasteiger partial charge on any atom is 0.416 e. The molecule has 0 amide bonds. The molecule has 2 saturated carbocycles. The number of para-hydroxylation sites is 1. The monoisotopic (exact) mass is 386 g/mol. The van der Waals surface area contributed by atoms with Crippen molar-refractivity contribution in [2.45, 2.75) is 37.4 Å². The van der Waals surface area contributed by atoms with E-state index in [2.05, 4.69) is 5.32 Å². The van der Waals surface area contributed by atoms with E-state index in [0.29, 0.717) is 23.1 Å². The van der Waals surface area contributed by atoms with Gasteiger partial charge in [0.25, 0.3) is 0 Å². The van der Waals surface area contributed by atoms with Crippen LogP contribution < -0.4 is 10.4 Å². The van der Waals surface area contributed by atoms with Crippen LogP contribution in [0.5, 0.6) is 0 Å². The average molecular weight is 386 g/mol. The minimum Gasteiger partial charge on any atom is -0.545 e. The maximum absolute atomic E-state index is 13.3. The fourth-order valence-electron chi connectivity index (χ4n) is 5.92. The van der Waals surface area contributed by atoms with Crippen molar-refractivity contribution in [2.75, 3.05) is 5.32 Å². The molecule has 3 nitrogen and oxygen atoms in total. The SMILES string of the molecule is O=C([O-])c1cccc2c1N[C@@H](c1cccc(C(F)(F)F)c1)[C@H]1[C@H]3CC[C@@H](C3)[C@H]21. The summed E-state index contributed by atoms with van der Waals surface area (Å²) >= 11 is 0. The van der Waals surface area contributed by atoms with Crippen molar-refractivity contribution < 1.29 is 23.1 Å². The van der Waals surface area contributed by atoms with E-state index in [-0.39, 0.29) is 23.4 Å². The van der Waals surface area contributed by atoms with Gasteiger partial charge in [0.05, 0.1) is 17.6 Å². The fourth-order valence-corrected chi connectivity index (χ4v) is 5.92. The molecule has 146 valence electrons. The molecule has 1 N–H and O–H groups in total. The van der Waals surface area contributed by atoms with Gasteiger partial charge in [-0.05, 0) is 66.2 Å². The van der Waals surface area contributed by atoms with E-state index < -0.39 is 17.7 Å². The zero-order valence-corrected chi connectivity index (χ0v) is 15.0. The Bertz CT molecular complexity index is 955. The molecule has 0 aromatic heterocycles. The minimum absolute atomic E-state index is 0.0794. The zero-order valence-electron chi connectivity index (χ0n) is 15.0. The molecule has 28 heavy (non-hydrogen) atoms. The van der Waals surface area contributed by atoms with Gasteiger partial charge in [-0.2, -0.15) is 13.2 Å². The van der Waals surface area contributed by atoms with Crippen LogP contribution in [-0.2, 0) is 6.18 Å². The van der Waals surface area contributed by atoms with Gasteiger partial charge in [0.15, 0.2) is 0 Å². The lowest BCUT2D eigenvalue weighted by Gasteiger charge is -2.44. The third-order valence-electron chi connectivity index (χ3n) is 6.91. The van der Waals surface area contributed by atoms with Crippen molar-refractivity contribution in [3.63, 3.8) is 0 Å². The molecule has 2 aliphatic carbocycles. The smallest absolute Gasteiger partial charge is 0.416 e. The number of carboxylic acids is 1. The minimum atomic E-state index is -4.41. The average Bonchev–Trinajstić information content (AvgIpc) is 3.28. The quantitative estimate of drug-likeness (QED) is 0.834. The summed E-state index contributed by atoms with van der Waals surface area (Å²) < 4.78 is 39.8.